The Kier molecular flexibility index (Phi) is 4.11. The van der Waals surface area contributed by atoms with Crippen LogP contribution in [0.2, 0.25) is 0 Å². The van der Waals surface area contributed by atoms with E-state index in [0.29, 0.717) is 30.1 Å². The molecule has 2 aromatic carbocycles. The van der Waals surface area contributed by atoms with Crippen molar-refractivity contribution < 1.29 is 9.53 Å². The largest absolute Gasteiger partial charge is 0.489 e. The molecule has 27 heavy (non-hydrogen) atoms. The summed E-state index contributed by atoms with van der Waals surface area (Å²) in [5.41, 5.74) is 4.17. The van der Waals surface area contributed by atoms with Gasteiger partial charge in [0.05, 0.1) is 0 Å². The maximum Gasteiger partial charge on any atom is 0.139 e. The zero-order valence-electron chi connectivity index (χ0n) is 16.1. The van der Waals surface area contributed by atoms with Crippen LogP contribution in [0.15, 0.2) is 48.5 Å². The lowest BCUT2D eigenvalue weighted by Gasteiger charge is -2.48. The van der Waals surface area contributed by atoms with Gasteiger partial charge in [0.15, 0.2) is 0 Å². The number of carbonyl (C=O) groups is 1. The molecule has 0 radical (unpaired) electrons. The second-order valence-electron chi connectivity index (χ2n) is 8.97. The lowest BCUT2D eigenvalue weighted by atomic mass is 9.55. The van der Waals surface area contributed by atoms with Crippen LogP contribution in [0.1, 0.15) is 61.6 Å². The van der Waals surface area contributed by atoms with E-state index >= 15 is 0 Å². The predicted molar refractivity (Wildman–Crippen MR) is 107 cm³/mol. The molecule has 3 aliphatic rings. The number of fused-ring (bicyclic) bond motifs is 5. The van der Waals surface area contributed by atoms with E-state index in [1.165, 1.54) is 29.5 Å². The summed E-state index contributed by atoms with van der Waals surface area (Å²) in [6.45, 7) is 2.87. The average Bonchev–Trinajstić information content (AvgIpc) is 3.01. The quantitative estimate of drug-likeness (QED) is 0.703. The van der Waals surface area contributed by atoms with E-state index in [4.69, 9.17) is 4.74 Å². The van der Waals surface area contributed by atoms with Crippen molar-refractivity contribution in [1.29, 1.82) is 0 Å². The third-order valence-corrected chi connectivity index (χ3v) is 7.66. The van der Waals surface area contributed by atoms with Crippen LogP contribution in [0, 0.1) is 17.3 Å². The van der Waals surface area contributed by atoms with E-state index in [1.807, 2.05) is 6.07 Å². The highest BCUT2D eigenvalue weighted by Crippen LogP contribution is 2.59. The Morgan fingerprint density at radius 1 is 1.04 bits per heavy atom. The summed E-state index contributed by atoms with van der Waals surface area (Å²) in [7, 11) is 0. The Balaban J connectivity index is 1.35. The summed E-state index contributed by atoms with van der Waals surface area (Å²) in [6.07, 6.45) is 6.52. The Bertz CT molecular complexity index is 856. The minimum absolute atomic E-state index is 0.0304. The zero-order valence-corrected chi connectivity index (χ0v) is 16.1. The zero-order chi connectivity index (χ0) is 18.4. The third kappa shape index (κ3) is 2.81. The molecular formula is C25H28O2. The highest BCUT2D eigenvalue weighted by molar-refractivity contribution is 5.87. The summed E-state index contributed by atoms with van der Waals surface area (Å²) in [6, 6.07) is 17.1. The van der Waals surface area contributed by atoms with Gasteiger partial charge in [0.25, 0.3) is 0 Å². The van der Waals surface area contributed by atoms with Gasteiger partial charge in [-0.3, -0.25) is 4.79 Å². The number of carbonyl (C=O) groups excluding carboxylic acids is 1. The minimum Gasteiger partial charge on any atom is -0.489 e. The summed E-state index contributed by atoms with van der Waals surface area (Å²) in [5.74, 6) is 3.44. The second kappa shape index (κ2) is 6.51. The van der Waals surface area contributed by atoms with Gasteiger partial charge in [-0.15, -0.1) is 0 Å². The number of aryl methyl sites for hydroxylation is 1. The second-order valence-corrected chi connectivity index (χ2v) is 8.97. The van der Waals surface area contributed by atoms with Gasteiger partial charge in [-0.1, -0.05) is 43.3 Å². The maximum absolute atomic E-state index is 12.5. The lowest BCUT2D eigenvalue weighted by Crippen LogP contribution is -2.42. The van der Waals surface area contributed by atoms with Crippen LogP contribution < -0.4 is 4.74 Å². The number of rotatable bonds is 3. The van der Waals surface area contributed by atoms with Crippen LogP contribution >= 0.6 is 0 Å². The Hall–Kier alpha value is -2.09. The molecule has 2 nitrogen and oxygen atoms in total. The van der Waals surface area contributed by atoms with Crippen molar-refractivity contribution in [1.82, 2.24) is 0 Å². The molecule has 0 N–H and O–H groups in total. The fourth-order valence-electron chi connectivity index (χ4n) is 6.16. The number of benzene rings is 2. The Labute approximate surface area is 161 Å². The van der Waals surface area contributed by atoms with E-state index in [9.17, 15) is 4.79 Å². The molecule has 2 aromatic rings. The molecule has 0 aromatic heterocycles. The van der Waals surface area contributed by atoms with Crippen molar-refractivity contribution in [2.24, 2.45) is 17.3 Å². The molecule has 0 aliphatic heterocycles. The molecule has 0 heterocycles. The first kappa shape index (κ1) is 17.0. The smallest absolute Gasteiger partial charge is 0.139 e. The van der Waals surface area contributed by atoms with Crippen LogP contribution in [0.5, 0.6) is 5.75 Å². The predicted octanol–water partition coefficient (Wildman–Crippen LogP) is 5.69. The van der Waals surface area contributed by atoms with Crippen LogP contribution in [0.4, 0.5) is 0 Å². The summed E-state index contributed by atoms with van der Waals surface area (Å²) in [5, 5.41) is 0. The molecule has 2 heteroatoms. The summed E-state index contributed by atoms with van der Waals surface area (Å²) >= 11 is 0. The van der Waals surface area contributed by atoms with Gasteiger partial charge in [-0.25, -0.2) is 0 Å². The molecule has 5 rings (SSSR count). The van der Waals surface area contributed by atoms with Crippen LogP contribution in [0.3, 0.4) is 0 Å². The molecule has 2 saturated carbocycles. The van der Waals surface area contributed by atoms with Gasteiger partial charge < -0.3 is 4.74 Å². The number of hydrogen-bond acceptors (Lipinski definition) is 2. The molecular weight excluding hydrogens is 332 g/mol. The van der Waals surface area contributed by atoms with E-state index in [0.717, 1.165) is 31.4 Å². The molecule has 0 unspecified atom stereocenters. The van der Waals surface area contributed by atoms with Crippen LogP contribution in [-0.2, 0) is 17.8 Å². The topological polar surface area (TPSA) is 26.3 Å². The number of ether oxygens (including phenoxy) is 1. The molecule has 0 spiro atoms. The van der Waals surface area contributed by atoms with Crippen molar-refractivity contribution in [3.05, 3.63) is 65.2 Å². The van der Waals surface area contributed by atoms with Crippen molar-refractivity contribution in [3.8, 4) is 5.75 Å². The number of hydrogen-bond donors (Lipinski definition) is 0. The van der Waals surface area contributed by atoms with Gasteiger partial charge in [0.1, 0.15) is 18.1 Å². The molecule has 3 aliphatic carbocycles. The van der Waals surface area contributed by atoms with Crippen LogP contribution in [-0.4, -0.2) is 5.78 Å². The summed E-state index contributed by atoms with van der Waals surface area (Å²) < 4.78 is 6.05. The van der Waals surface area contributed by atoms with E-state index in [2.05, 4.69) is 49.4 Å². The summed E-state index contributed by atoms with van der Waals surface area (Å²) in [4.78, 5) is 12.5. The molecule has 0 bridgehead atoms. The normalized spacial score (nSPS) is 31.7. The van der Waals surface area contributed by atoms with Crippen molar-refractivity contribution in [2.75, 3.05) is 0 Å². The number of Topliss-reactive ketones (excluding diaryl/α,β-unsaturated/α-hetero) is 1. The molecule has 140 valence electrons. The molecule has 0 amide bonds. The fraction of sp³-hybridized carbons (Fsp3) is 0.480. The van der Waals surface area contributed by atoms with Crippen LogP contribution in [0.25, 0.3) is 0 Å². The minimum atomic E-state index is -0.0304. The van der Waals surface area contributed by atoms with Gasteiger partial charge in [-0.05, 0) is 78.7 Å². The van der Waals surface area contributed by atoms with Crippen molar-refractivity contribution in [2.45, 2.75) is 58.0 Å². The average molecular weight is 360 g/mol. The molecule has 2 fully saturated rings. The highest BCUT2D eigenvalue weighted by atomic mass is 16.5. The van der Waals surface area contributed by atoms with E-state index in [1.54, 1.807) is 0 Å². The van der Waals surface area contributed by atoms with E-state index < -0.39 is 0 Å². The van der Waals surface area contributed by atoms with Crippen molar-refractivity contribution in [3.63, 3.8) is 0 Å². The monoisotopic (exact) mass is 360 g/mol. The standard InChI is InChI=1S/C25H28O2/c1-25-14-13-21-20-10-8-19(27-16-17-5-3-2-4-6-17)15-18(20)7-9-22(21)23(25)11-12-24(25)26/h2-6,8,10,15,21-23H,7,9,11-14,16H2,1H3/t21-,22+,23-,25+/m1/s1. The van der Waals surface area contributed by atoms with Crippen molar-refractivity contribution >= 4 is 5.78 Å². The maximum atomic E-state index is 12.5. The van der Waals surface area contributed by atoms with Gasteiger partial charge in [0, 0.05) is 11.8 Å². The first-order valence-electron chi connectivity index (χ1n) is 10.5. The molecule has 4 atom stereocenters. The fourth-order valence-corrected chi connectivity index (χ4v) is 6.16. The Morgan fingerprint density at radius 2 is 1.89 bits per heavy atom. The molecule has 0 saturated heterocycles. The first-order valence-corrected chi connectivity index (χ1v) is 10.5. The highest BCUT2D eigenvalue weighted by Gasteiger charge is 2.54. The lowest BCUT2D eigenvalue weighted by molar-refractivity contribution is -0.129. The Morgan fingerprint density at radius 3 is 2.74 bits per heavy atom. The van der Waals surface area contributed by atoms with E-state index in [-0.39, 0.29) is 5.41 Å². The van der Waals surface area contributed by atoms with Gasteiger partial charge >= 0.3 is 0 Å². The number of ketones is 1. The first-order chi connectivity index (χ1) is 13.1. The third-order valence-electron chi connectivity index (χ3n) is 7.66. The van der Waals surface area contributed by atoms with Gasteiger partial charge in [0.2, 0.25) is 0 Å². The SMILES string of the molecule is C[C@]12CC[C@@H]3c4ccc(OCc5ccccc5)cc4CC[C@@H]3[C@H]1CCC2=O. The van der Waals surface area contributed by atoms with Gasteiger partial charge in [-0.2, -0.15) is 0 Å².